The fourth-order valence-electron chi connectivity index (χ4n) is 2.28. The lowest BCUT2D eigenvalue weighted by molar-refractivity contribution is 0.354. The van der Waals surface area contributed by atoms with Gasteiger partial charge < -0.3 is 20.1 Å². The molecule has 1 aromatic carbocycles. The van der Waals surface area contributed by atoms with Crippen molar-refractivity contribution in [3.63, 3.8) is 0 Å². The van der Waals surface area contributed by atoms with Crippen molar-refractivity contribution in [2.75, 3.05) is 34.4 Å². The Morgan fingerprint density at radius 3 is 2.41 bits per heavy atom. The standard InChI is InChI=1S/C17H23ClN4O4S2.HI/c1-19-17(21-11-12-4-5-13(25-2)14(10-12)26-3)20-8-9-22-28(23,24)16-7-6-15(18)27-16;/h4-7,10,22H,8-9,11H2,1-3H3,(H2,19,20,21);1H. The number of halogens is 2. The van der Waals surface area contributed by atoms with E-state index in [9.17, 15) is 8.42 Å². The summed E-state index contributed by atoms with van der Waals surface area (Å²) < 4.78 is 37.9. The van der Waals surface area contributed by atoms with Crippen molar-refractivity contribution in [2.24, 2.45) is 4.99 Å². The summed E-state index contributed by atoms with van der Waals surface area (Å²) >= 11 is 6.80. The highest BCUT2D eigenvalue weighted by Crippen LogP contribution is 2.27. The van der Waals surface area contributed by atoms with E-state index in [0.717, 1.165) is 16.9 Å². The summed E-state index contributed by atoms with van der Waals surface area (Å²) in [7, 11) is 1.26. The number of thiophene rings is 1. The Bertz CT molecular complexity index is 922. The quantitative estimate of drug-likeness (QED) is 0.184. The van der Waals surface area contributed by atoms with Crippen molar-refractivity contribution >= 4 is 62.9 Å². The summed E-state index contributed by atoms with van der Waals surface area (Å²) in [5.41, 5.74) is 0.982. The topological polar surface area (TPSA) is 101 Å². The predicted octanol–water partition coefficient (Wildman–Crippen LogP) is 2.68. The van der Waals surface area contributed by atoms with E-state index < -0.39 is 10.0 Å². The number of rotatable bonds is 9. The van der Waals surface area contributed by atoms with Crippen molar-refractivity contribution in [2.45, 2.75) is 10.8 Å². The Balaban J connectivity index is 0.00000420. The van der Waals surface area contributed by atoms with E-state index in [1.807, 2.05) is 18.2 Å². The lowest BCUT2D eigenvalue weighted by atomic mass is 10.2. The highest BCUT2D eigenvalue weighted by Gasteiger charge is 2.15. The summed E-state index contributed by atoms with van der Waals surface area (Å²) in [6.07, 6.45) is 0. The Labute approximate surface area is 197 Å². The van der Waals surface area contributed by atoms with Gasteiger partial charge in [0.25, 0.3) is 0 Å². The molecule has 0 saturated carbocycles. The normalized spacial score (nSPS) is 11.5. The molecule has 2 rings (SSSR count). The number of aliphatic imine (C=N–C) groups is 1. The maximum atomic E-state index is 12.1. The molecule has 0 spiro atoms. The predicted molar refractivity (Wildman–Crippen MR) is 128 cm³/mol. The number of ether oxygens (including phenoxy) is 2. The zero-order valence-corrected chi connectivity index (χ0v) is 20.9. The van der Waals surface area contributed by atoms with Crippen LogP contribution in [-0.4, -0.2) is 48.7 Å². The number of methoxy groups -OCH3 is 2. The van der Waals surface area contributed by atoms with Crippen LogP contribution in [-0.2, 0) is 16.6 Å². The van der Waals surface area contributed by atoms with Gasteiger partial charge in [0.1, 0.15) is 4.21 Å². The van der Waals surface area contributed by atoms with Crippen LogP contribution in [0.25, 0.3) is 0 Å². The summed E-state index contributed by atoms with van der Waals surface area (Å²) in [4.78, 5) is 4.12. The van der Waals surface area contributed by atoms with Crippen molar-refractivity contribution in [1.82, 2.24) is 15.4 Å². The van der Waals surface area contributed by atoms with Gasteiger partial charge in [-0.25, -0.2) is 13.1 Å². The minimum Gasteiger partial charge on any atom is -0.493 e. The van der Waals surface area contributed by atoms with Gasteiger partial charge in [0.05, 0.1) is 18.6 Å². The van der Waals surface area contributed by atoms with Gasteiger partial charge in [-0.3, -0.25) is 4.99 Å². The molecule has 0 radical (unpaired) electrons. The van der Waals surface area contributed by atoms with Gasteiger partial charge in [0, 0.05) is 26.7 Å². The molecular weight excluding hydrogens is 551 g/mol. The second kappa shape index (κ2) is 12.4. The SMILES string of the molecule is CN=C(NCCNS(=O)(=O)c1ccc(Cl)s1)NCc1ccc(OC)c(OC)c1.I. The highest BCUT2D eigenvalue weighted by atomic mass is 127. The number of sulfonamides is 1. The molecule has 2 aromatic rings. The van der Waals surface area contributed by atoms with Gasteiger partial charge in [-0.1, -0.05) is 17.7 Å². The summed E-state index contributed by atoms with van der Waals surface area (Å²) in [6.45, 7) is 1.08. The van der Waals surface area contributed by atoms with Crippen LogP contribution in [0.2, 0.25) is 4.34 Å². The second-order valence-electron chi connectivity index (χ2n) is 5.50. The lowest BCUT2D eigenvalue weighted by Gasteiger charge is -2.13. The Hall–Kier alpha value is -1.28. The fourth-order valence-corrected chi connectivity index (χ4v) is 4.84. The number of hydrogen-bond acceptors (Lipinski definition) is 6. The monoisotopic (exact) mass is 574 g/mol. The van der Waals surface area contributed by atoms with E-state index in [1.54, 1.807) is 27.3 Å². The molecule has 0 unspecified atom stereocenters. The van der Waals surface area contributed by atoms with Crippen molar-refractivity contribution in [3.05, 3.63) is 40.2 Å². The maximum Gasteiger partial charge on any atom is 0.250 e. The number of nitrogens with zero attached hydrogens (tertiary/aromatic N) is 1. The van der Waals surface area contributed by atoms with Gasteiger partial charge in [0.2, 0.25) is 10.0 Å². The summed E-state index contributed by atoms with van der Waals surface area (Å²) in [5, 5.41) is 6.21. The minimum absolute atomic E-state index is 0. The smallest absolute Gasteiger partial charge is 0.250 e. The first kappa shape index (κ1) is 25.8. The molecule has 29 heavy (non-hydrogen) atoms. The number of nitrogens with one attached hydrogen (secondary N) is 3. The third-order valence-electron chi connectivity index (χ3n) is 3.65. The molecule has 8 nitrogen and oxygen atoms in total. The van der Waals surface area contributed by atoms with Crippen LogP contribution in [0.15, 0.2) is 39.5 Å². The molecule has 162 valence electrons. The van der Waals surface area contributed by atoms with Crippen molar-refractivity contribution in [1.29, 1.82) is 0 Å². The average Bonchev–Trinajstić information content (AvgIpc) is 3.14. The first-order valence-electron chi connectivity index (χ1n) is 8.30. The van der Waals surface area contributed by atoms with Gasteiger partial charge in [0.15, 0.2) is 17.5 Å². The third-order valence-corrected chi connectivity index (χ3v) is 6.84. The first-order chi connectivity index (χ1) is 13.4. The second-order valence-corrected chi connectivity index (χ2v) is 9.21. The third kappa shape index (κ3) is 7.81. The fraction of sp³-hybridized carbons (Fsp3) is 0.353. The van der Waals surface area contributed by atoms with Crippen LogP contribution >= 0.6 is 46.9 Å². The molecule has 1 heterocycles. The first-order valence-corrected chi connectivity index (χ1v) is 11.0. The Morgan fingerprint density at radius 2 is 1.83 bits per heavy atom. The molecule has 3 N–H and O–H groups in total. The van der Waals surface area contributed by atoms with Gasteiger partial charge >= 0.3 is 0 Å². The largest absolute Gasteiger partial charge is 0.493 e. The average molecular weight is 575 g/mol. The molecule has 0 aliphatic heterocycles. The molecule has 0 amide bonds. The summed E-state index contributed by atoms with van der Waals surface area (Å²) in [6, 6.07) is 8.66. The summed E-state index contributed by atoms with van der Waals surface area (Å²) in [5.74, 6) is 1.86. The molecular formula is C17H24ClIN4O4S2. The number of benzene rings is 1. The molecule has 0 aliphatic rings. The van der Waals surface area contributed by atoms with Crippen molar-refractivity contribution in [3.8, 4) is 11.5 Å². The number of guanidine groups is 1. The molecule has 0 bridgehead atoms. The van der Waals surface area contributed by atoms with Gasteiger partial charge in [-0.15, -0.1) is 35.3 Å². The van der Waals surface area contributed by atoms with E-state index in [4.69, 9.17) is 21.1 Å². The van der Waals surface area contributed by atoms with Crippen molar-refractivity contribution < 1.29 is 17.9 Å². The zero-order valence-electron chi connectivity index (χ0n) is 16.2. The lowest BCUT2D eigenvalue weighted by Crippen LogP contribution is -2.41. The van der Waals surface area contributed by atoms with Crippen LogP contribution in [0.3, 0.4) is 0 Å². The number of hydrogen-bond donors (Lipinski definition) is 3. The van der Waals surface area contributed by atoms with E-state index in [2.05, 4.69) is 20.3 Å². The molecule has 0 aliphatic carbocycles. The highest BCUT2D eigenvalue weighted by molar-refractivity contribution is 14.0. The van der Waals surface area contributed by atoms with E-state index in [0.29, 0.717) is 34.9 Å². The Kier molecular flexibility index (Phi) is 11.0. The molecule has 0 fully saturated rings. The van der Waals surface area contributed by atoms with E-state index in [-0.39, 0.29) is 34.7 Å². The maximum absolute atomic E-state index is 12.1. The van der Waals surface area contributed by atoms with Gasteiger partial charge in [-0.05, 0) is 29.8 Å². The molecule has 1 aromatic heterocycles. The zero-order chi connectivity index (χ0) is 20.6. The van der Waals surface area contributed by atoms with Crippen LogP contribution < -0.4 is 24.8 Å². The minimum atomic E-state index is -3.56. The van der Waals surface area contributed by atoms with Gasteiger partial charge in [-0.2, -0.15) is 0 Å². The Morgan fingerprint density at radius 1 is 1.10 bits per heavy atom. The van der Waals surface area contributed by atoms with E-state index in [1.165, 1.54) is 6.07 Å². The van der Waals surface area contributed by atoms with Crippen LogP contribution in [0.5, 0.6) is 11.5 Å². The van der Waals surface area contributed by atoms with E-state index >= 15 is 0 Å². The molecule has 0 saturated heterocycles. The van der Waals surface area contributed by atoms with Crippen LogP contribution in [0.1, 0.15) is 5.56 Å². The van der Waals surface area contributed by atoms with Crippen LogP contribution in [0.4, 0.5) is 0 Å². The molecule has 0 atom stereocenters. The van der Waals surface area contributed by atoms with Crippen LogP contribution in [0, 0.1) is 0 Å². The molecule has 12 heteroatoms.